The summed E-state index contributed by atoms with van der Waals surface area (Å²) in [7, 11) is -0.876. The lowest BCUT2D eigenvalue weighted by atomic mass is 10.0. The zero-order valence-electron chi connectivity index (χ0n) is 17.4. The van der Waals surface area contributed by atoms with Crippen molar-refractivity contribution in [3.8, 4) is 0 Å². The van der Waals surface area contributed by atoms with E-state index in [1.807, 2.05) is 32.9 Å². The van der Waals surface area contributed by atoms with Crippen molar-refractivity contribution in [1.82, 2.24) is 4.31 Å². The molecule has 0 aliphatic rings. The third kappa shape index (κ3) is 5.21. The average Bonchev–Trinajstić information content (AvgIpc) is 2.64. The monoisotopic (exact) mass is 418 g/mol. The van der Waals surface area contributed by atoms with Gasteiger partial charge in [-0.05, 0) is 57.0 Å². The van der Waals surface area contributed by atoms with Crippen molar-refractivity contribution in [3.63, 3.8) is 0 Å². The maximum absolute atomic E-state index is 12.5. The molecule has 0 unspecified atom stereocenters. The molecule has 2 rings (SSSR count). The molecule has 1 atom stereocenters. The first-order valence-electron chi connectivity index (χ1n) is 9.05. The lowest BCUT2D eigenvalue weighted by molar-refractivity contribution is -0.123. The van der Waals surface area contributed by atoms with Crippen LogP contribution in [0.5, 0.6) is 0 Å². The Bertz CT molecular complexity index is 1020. The van der Waals surface area contributed by atoms with Gasteiger partial charge in [0.1, 0.15) is 0 Å². The zero-order valence-corrected chi connectivity index (χ0v) is 18.3. The minimum Gasteiger partial charge on any atom is -0.449 e. The molecule has 7 nitrogen and oxygen atoms in total. The number of carbonyl (C=O) groups is 2. The van der Waals surface area contributed by atoms with Crippen LogP contribution >= 0.6 is 0 Å². The lowest BCUT2D eigenvalue weighted by Gasteiger charge is -2.17. The number of amides is 1. The van der Waals surface area contributed by atoms with Crippen LogP contribution in [0.3, 0.4) is 0 Å². The highest BCUT2D eigenvalue weighted by Crippen LogP contribution is 2.22. The van der Waals surface area contributed by atoms with E-state index in [9.17, 15) is 18.0 Å². The zero-order chi connectivity index (χ0) is 21.9. The summed E-state index contributed by atoms with van der Waals surface area (Å²) in [4.78, 5) is 24.9. The van der Waals surface area contributed by atoms with Gasteiger partial charge in [0.2, 0.25) is 10.0 Å². The van der Waals surface area contributed by atoms with Gasteiger partial charge in [0.15, 0.2) is 6.10 Å². The highest BCUT2D eigenvalue weighted by atomic mass is 32.2. The number of anilines is 1. The summed E-state index contributed by atoms with van der Waals surface area (Å²) in [6, 6.07) is 9.43. The van der Waals surface area contributed by atoms with E-state index in [1.165, 1.54) is 45.3 Å². The molecule has 0 bridgehead atoms. The Morgan fingerprint density at radius 3 is 2.17 bits per heavy atom. The highest BCUT2D eigenvalue weighted by Gasteiger charge is 2.23. The fraction of sp³-hybridized carbons (Fsp3) is 0.333. The number of benzene rings is 2. The molecule has 0 aromatic heterocycles. The average molecular weight is 419 g/mol. The Labute approximate surface area is 171 Å². The number of hydrogen-bond acceptors (Lipinski definition) is 5. The molecule has 0 fully saturated rings. The predicted octanol–water partition coefficient (Wildman–Crippen LogP) is 3.05. The Hall–Kier alpha value is -2.71. The van der Waals surface area contributed by atoms with Gasteiger partial charge in [0, 0.05) is 19.8 Å². The summed E-state index contributed by atoms with van der Waals surface area (Å²) in [5.41, 5.74) is 3.65. The molecule has 0 aliphatic carbocycles. The molecule has 1 N–H and O–H groups in total. The maximum Gasteiger partial charge on any atom is 0.338 e. The number of hydrogen-bond donors (Lipinski definition) is 1. The van der Waals surface area contributed by atoms with Crippen molar-refractivity contribution in [3.05, 3.63) is 58.7 Å². The summed E-state index contributed by atoms with van der Waals surface area (Å²) in [5, 5.41) is 2.79. The first-order chi connectivity index (χ1) is 13.4. The van der Waals surface area contributed by atoms with Gasteiger partial charge in [-0.15, -0.1) is 0 Å². The second-order valence-electron chi connectivity index (χ2n) is 7.13. The van der Waals surface area contributed by atoms with Crippen LogP contribution in [-0.4, -0.2) is 44.8 Å². The van der Waals surface area contributed by atoms with E-state index in [1.54, 1.807) is 0 Å². The molecule has 1 amide bonds. The van der Waals surface area contributed by atoms with E-state index >= 15 is 0 Å². The highest BCUT2D eigenvalue weighted by molar-refractivity contribution is 7.89. The van der Waals surface area contributed by atoms with Crippen LogP contribution in [0.25, 0.3) is 0 Å². The van der Waals surface area contributed by atoms with E-state index in [0.29, 0.717) is 5.69 Å². The Kier molecular flexibility index (Phi) is 6.81. The van der Waals surface area contributed by atoms with Gasteiger partial charge >= 0.3 is 5.97 Å². The fourth-order valence-corrected chi connectivity index (χ4v) is 3.83. The standard InChI is InChI=1S/C21H26N2O5S/c1-13-10-14(2)19(15(3)11-13)22-20(24)16(4)28-21(25)17-8-7-9-18(12-17)29(26,27)23(5)6/h7-12,16H,1-6H3,(H,22,24)/t16-/m1/s1. The van der Waals surface area contributed by atoms with Crippen molar-refractivity contribution in [2.75, 3.05) is 19.4 Å². The van der Waals surface area contributed by atoms with Crippen LogP contribution in [0.4, 0.5) is 5.69 Å². The van der Waals surface area contributed by atoms with Gasteiger partial charge < -0.3 is 10.1 Å². The van der Waals surface area contributed by atoms with Crippen LogP contribution in [0.15, 0.2) is 41.3 Å². The fourth-order valence-electron chi connectivity index (χ4n) is 2.88. The first-order valence-corrected chi connectivity index (χ1v) is 10.5. The van der Waals surface area contributed by atoms with Crippen molar-refractivity contribution in [1.29, 1.82) is 0 Å². The van der Waals surface area contributed by atoms with Crippen LogP contribution in [-0.2, 0) is 19.6 Å². The Balaban J connectivity index is 2.14. The molecule has 0 radical (unpaired) electrons. The number of esters is 1. The predicted molar refractivity (Wildman–Crippen MR) is 111 cm³/mol. The minimum atomic E-state index is -3.69. The Morgan fingerprint density at radius 1 is 1.03 bits per heavy atom. The minimum absolute atomic E-state index is 0.0278. The second kappa shape index (κ2) is 8.75. The largest absolute Gasteiger partial charge is 0.449 e. The number of nitrogens with zero attached hydrogens (tertiary/aromatic N) is 1. The van der Waals surface area contributed by atoms with Crippen molar-refractivity contribution in [2.24, 2.45) is 0 Å². The van der Waals surface area contributed by atoms with E-state index in [-0.39, 0.29) is 10.5 Å². The molecule has 0 aliphatic heterocycles. The molecular formula is C21H26N2O5S. The van der Waals surface area contributed by atoms with Gasteiger partial charge in [0.25, 0.3) is 5.91 Å². The number of carbonyl (C=O) groups excluding carboxylic acids is 2. The van der Waals surface area contributed by atoms with Crippen LogP contribution in [0, 0.1) is 20.8 Å². The summed E-state index contributed by atoms with van der Waals surface area (Å²) in [6.07, 6.45) is -1.06. The molecule has 2 aromatic rings. The normalized spacial score (nSPS) is 12.5. The third-order valence-electron chi connectivity index (χ3n) is 4.43. The third-order valence-corrected chi connectivity index (χ3v) is 6.24. The van der Waals surface area contributed by atoms with Crippen LogP contribution in [0.1, 0.15) is 34.0 Å². The number of sulfonamides is 1. The molecule has 156 valence electrons. The quantitative estimate of drug-likeness (QED) is 0.728. The number of nitrogens with one attached hydrogen (secondary N) is 1. The number of ether oxygens (including phenoxy) is 1. The van der Waals surface area contributed by atoms with Gasteiger partial charge in [-0.3, -0.25) is 4.79 Å². The van der Waals surface area contributed by atoms with E-state index in [4.69, 9.17) is 4.74 Å². The molecule has 29 heavy (non-hydrogen) atoms. The number of rotatable bonds is 6. The Morgan fingerprint density at radius 2 is 1.62 bits per heavy atom. The number of aryl methyl sites for hydroxylation is 3. The lowest BCUT2D eigenvalue weighted by Crippen LogP contribution is -2.30. The van der Waals surface area contributed by atoms with Crippen molar-refractivity contribution < 1.29 is 22.7 Å². The van der Waals surface area contributed by atoms with Crippen LogP contribution in [0.2, 0.25) is 0 Å². The van der Waals surface area contributed by atoms with Gasteiger partial charge in [-0.2, -0.15) is 0 Å². The first kappa shape index (κ1) is 22.6. The second-order valence-corrected chi connectivity index (χ2v) is 9.28. The van der Waals surface area contributed by atoms with E-state index in [2.05, 4.69) is 5.32 Å². The molecule has 8 heteroatoms. The van der Waals surface area contributed by atoms with Gasteiger partial charge in [0.05, 0.1) is 10.5 Å². The summed E-state index contributed by atoms with van der Waals surface area (Å²) in [5.74, 6) is -1.24. The van der Waals surface area contributed by atoms with Crippen molar-refractivity contribution >= 4 is 27.6 Å². The molecule has 2 aromatic carbocycles. The van der Waals surface area contributed by atoms with E-state index in [0.717, 1.165) is 21.0 Å². The van der Waals surface area contributed by atoms with Gasteiger partial charge in [-0.1, -0.05) is 23.8 Å². The summed E-state index contributed by atoms with van der Waals surface area (Å²) in [6.45, 7) is 7.22. The van der Waals surface area contributed by atoms with Crippen LogP contribution < -0.4 is 5.32 Å². The summed E-state index contributed by atoms with van der Waals surface area (Å²) >= 11 is 0. The van der Waals surface area contributed by atoms with E-state index < -0.39 is 28.0 Å². The summed E-state index contributed by atoms with van der Waals surface area (Å²) < 4.78 is 30.8. The maximum atomic E-state index is 12.5. The molecule has 0 heterocycles. The topological polar surface area (TPSA) is 92.8 Å². The van der Waals surface area contributed by atoms with Crippen molar-refractivity contribution in [2.45, 2.75) is 38.7 Å². The molecule has 0 spiro atoms. The molecule has 0 saturated carbocycles. The SMILES string of the molecule is Cc1cc(C)c(NC(=O)[C@@H](C)OC(=O)c2cccc(S(=O)(=O)N(C)C)c2)c(C)c1. The van der Waals surface area contributed by atoms with Gasteiger partial charge in [-0.25, -0.2) is 17.5 Å². The smallest absolute Gasteiger partial charge is 0.338 e. The molecular weight excluding hydrogens is 392 g/mol. The molecule has 0 saturated heterocycles.